The van der Waals surface area contributed by atoms with Crippen molar-refractivity contribution in [3.63, 3.8) is 0 Å². The number of nitrogens with two attached hydrogens (primary N) is 1. The van der Waals surface area contributed by atoms with Crippen LogP contribution in [-0.2, 0) is 9.53 Å². The Morgan fingerprint density at radius 1 is 1.39 bits per heavy atom. The van der Waals surface area contributed by atoms with Crippen LogP contribution in [0.2, 0.25) is 0 Å². The van der Waals surface area contributed by atoms with E-state index in [-0.39, 0.29) is 11.5 Å². The maximum atomic E-state index is 11.6. The number of hydrogen-bond donors (Lipinski definition) is 2. The first-order valence-corrected chi connectivity index (χ1v) is 7.00. The van der Waals surface area contributed by atoms with Crippen molar-refractivity contribution in [1.29, 1.82) is 0 Å². The van der Waals surface area contributed by atoms with Crippen molar-refractivity contribution in [3.8, 4) is 0 Å². The van der Waals surface area contributed by atoms with Gasteiger partial charge in [0.1, 0.15) is 0 Å². The Labute approximate surface area is 111 Å². The Kier molecular flexibility index (Phi) is 5.17. The van der Waals surface area contributed by atoms with E-state index in [4.69, 9.17) is 10.5 Å². The third-order valence-electron chi connectivity index (χ3n) is 3.81. The zero-order valence-electron chi connectivity index (χ0n) is 12.2. The van der Waals surface area contributed by atoms with Crippen LogP contribution < -0.4 is 11.1 Å². The lowest BCUT2D eigenvalue weighted by molar-refractivity contribution is -0.124. The van der Waals surface area contributed by atoms with E-state index >= 15 is 0 Å². The fourth-order valence-corrected chi connectivity index (χ4v) is 1.82. The van der Waals surface area contributed by atoms with E-state index in [9.17, 15) is 4.79 Å². The van der Waals surface area contributed by atoms with Gasteiger partial charge in [0.25, 0.3) is 0 Å². The molecule has 4 heteroatoms. The Hall–Kier alpha value is -0.610. The van der Waals surface area contributed by atoms with Gasteiger partial charge in [0.05, 0.1) is 11.1 Å². The van der Waals surface area contributed by atoms with Gasteiger partial charge in [-0.2, -0.15) is 0 Å². The predicted octanol–water partition coefficient (Wildman–Crippen LogP) is 1.97. The normalized spacial score (nSPS) is 19.6. The summed E-state index contributed by atoms with van der Waals surface area (Å²) in [6.45, 7) is 8.86. The van der Waals surface area contributed by atoms with Crippen LogP contribution in [0.1, 0.15) is 59.8 Å². The smallest absolute Gasteiger partial charge is 0.237 e. The summed E-state index contributed by atoms with van der Waals surface area (Å²) in [4.78, 5) is 11.6. The molecular weight excluding hydrogens is 228 g/mol. The largest absolute Gasteiger partial charge is 0.376 e. The second-order valence-electron chi connectivity index (χ2n) is 6.18. The molecule has 4 nitrogen and oxygen atoms in total. The molecule has 18 heavy (non-hydrogen) atoms. The lowest BCUT2D eigenvalue weighted by Gasteiger charge is -2.29. The molecule has 0 radical (unpaired) electrons. The molecule has 1 atom stereocenters. The third-order valence-corrected chi connectivity index (χ3v) is 3.81. The summed E-state index contributed by atoms with van der Waals surface area (Å²) in [5.41, 5.74) is 4.84. The van der Waals surface area contributed by atoms with Crippen LogP contribution in [0.3, 0.4) is 0 Å². The molecule has 1 aliphatic carbocycles. The number of carbonyl (C=O) groups is 1. The van der Waals surface area contributed by atoms with Gasteiger partial charge in [-0.15, -0.1) is 0 Å². The predicted molar refractivity (Wildman–Crippen MR) is 73.3 cm³/mol. The number of nitrogens with one attached hydrogen (secondary N) is 1. The van der Waals surface area contributed by atoms with Gasteiger partial charge >= 0.3 is 0 Å². The minimum absolute atomic E-state index is 0.0763. The van der Waals surface area contributed by atoms with Gasteiger partial charge in [-0.3, -0.25) is 4.79 Å². The van der Waals surface area contributed by atoms with E-state index in [1.165, 1.54) is 0 Å². The number of carbonyl (C=O) groups excluding carboxylic acids is 1. The molecule has 1 aliphatic rings. The summed E-state index contributed by atoms with van der Waals surface area (Å²) in [7, 11) is 0. The molecule has 106 valence electrons. The first kappa shape index (κ1) is 15.4. The van der Waals surface area contributed by atoms with Crippen molar-refractivity contribution < 1.29 is 9.53 Å². The van der Waals surface area contributed by atoms with Crippen LogP contribution in [0.5, 0.6) is 0 Å². The zero-order chi connectivity index (χ0) is 13.8. The van der Waals surface area contributed by atoms with E-state index in [0.29, 0.717) is 12.6 Å². The van der Waals surface area contributed by atoms with Crippen LogP contribution in [0.15, 0.2) is 0 Å². The second kappa shape index (κ2) is 6.02. The second-order valence-corrected chi connectivity index (χ2v) is 6.18. The highest BCUT2D eigenvalue weighted by Crippen LogP contribution is 2.25. The monoisotopic (exact) mass is 256 g/mol. The number of hydrogen-bond acceptors (Lipinski definition) is 3. The van der Waals surface area contributed by atoms with Gasteiger partial charge in [0.15, 0.2) is 0 Å². The van der Waals surface area contributed by atoms with E-state index in [1.54, 1.807) is 0 Å². The molecule has 1 amide bonds. The number of rotatable bonds is 9. The zero-order valence-corrected chi connectivity index (χ0v) is 12.2. The standard InChI is InChI=1S/C14H28N2O2/c1-5-13(2,3)18-10-6-9-14(4,12(15)17)16-11-7-8-11/h11,16H,5-10H2,1-4H3,(H2,15,17). The van der Waals surface area contributed by atoms with E-state index in [2.05, 4.69) is 26.1 Å². The van der Waals surface area contributed by atoms with E-state index in [0.717, 1.165) is 32.1 Å². The van der Waals surface area contributed by atoms with Gasteiger partial charge < -0.3 is 15.8 Å². The molecule has 0 bridgehead atoms. The molecule has 1 fully saturated rings. The van der Waals surface area contributed by atoms with Crippen molar-refractivity contribution in [2.75, 3.05) is 6.61 Å². The first-order chi connectivity index (χ1) is 8.29. The molecule has 0 heterocycles. The maximum Gasteiger partial charge on any atom is 0.237 e. The van der Waals surface area contributed by atoms with Crippen molar-refractivity contribution in [1.82, 2.24) is 5.32 Å². The van der Waals surface area contributed by atoms with Crippen molar-refractivity contribution in [3.05, 3.63) is 0 Å². The Bertz CT molecular complexity index is 288. The number of ether oxygens (including phenoxy) is 1. The average molecular weight is 256 g/mol. The lowest BCUT2D eigenvalue weighted by Crippen LogP contribution is -2.54. The van der Waals surface area contributed by atoms with Crippen molar-refractivity contribution >= 4 is 5.91 Å². The van der Waals surface area contributed by atoms with Crippen molar-refractivity contribution in [2.45, 2.75) is 77.0 Å². The highest BCUT2D eigenvalue weighted by molar-refractivity contribution is 5.84. The van der Waals surface area contributed by atoms with E-state index < -0.39 is 5.54 Å². The van der Waals surface area contributed by atoms with Gasteiger partial charge in [-0.1, -0.05) is 6.92 Å². The number of primary amides is 1. The van der Waals surface area contributed by atoms with Gasteiger partial charge in [-0.05, 0) is 52.9 Å². The molecular formula is C14H28N2O2. The molecule has 0 aromatic heterocycles. The highest BCUT2D eigenvalue weighted by atomic mass is 16.5. The maximum absolute atomic E-state index is 11.6. The lowest BCUT2D eigenvalue weighted by atomic mass is 9.94. The fraction of sp³-hybridized carbons (Fsp3) is 0.929. The first-order valence-electron chi connectivity index (χ1n) is 7.00. The van der Waals surface area contributed by atoms with Crippen LogP contribution in [0.4, 0.5) is 0 Å². The molecule has 1 rings (SSSR count). The Balaban J connectivity index is 2.31. The van der Waals surface area contributed by atoms with Gasteiger partial charge in [-0.25, -0.2) is 0 Å². The van der Waals surface area contributed by atoms with E-state index in [1.807, 2.05) is 6.92 Å². The SMILES string of the molecule is CCC(C)(C)OCCCC(C)(NC1CC1)C(N)=O. The van der Waals surface area contributed by atoms with Crippen LogP contribution >= 0.6 is 0 Å². The summed E-state index contributed by atoms with van der Waals surface area (Å²) < 4.78 is 5.79. The van der Waals surface area contributed by atoms with Gasteiger partial charge in [0.2, 0.25) is 5.91 Å². The van der Waals surface area contributed by atoms with Gasteiger partial charge in [0, 0.05) is 12.6 Å². The molecule has 1 saturated carbocycles. The Morgan fingerprint density at radius 2 is 2.00 bits per heavy atom. The summed E-state index contributed by atoms with van der Waals surface area (Å²) >= 11 is 0. The molecule has 0 aromatic rings. The summed E-state index contributed by atoms with van der Waals surface area (Å²) in [5, 5.41) is 3.35. The van der Waals surface area contributed by atoms with Crippen molar-refractivity contribution in [2.24, 2.45) is 5.73 Å². The summed E-state index contributed by atoms with van der Waals surface area (Å²) in [6.07, 6.45) is 4.88. The average Bonchev–Trinajstić information content (AvgIpc) is 3.08. The topological polar surface area (TPSA) is 64.3 Å². The minimum atomic E-state index is -0.582. The third kappa shape index (κ3) is 4.94. The summed E-state index contributed by atoms with van der Waals surface area (Å²) in [6, 6.07) is 0.482. The highest BCUT2D eigenvalue weighted by Gasteiger charge is 2.36. The molecule has 0 aromatic carbocycles. The van der Waals surface area contributed by atoms with Crippen LogP contribution in [-0.4, -0.2) is 29.7 Å². The molecule has 0 spiro atoms. The molecule has 3 N–H and O–H groups in total. The quantitative estimate of drug-likeness (QED) is 0.620. The molecule has 0 aliphatic heterocycles. The Morgan fingerprint density at radius 3 is 2.44 bits per heavy atom. The fourth-order valence-electron chi connectivity index (χ4n) is 1.82. The molecule has 1 unspecified atom stereocenters. The molecule has 0 saturated heterocycles. The van der Waals surface area contributed by atoms with Crippen LogP contribution in [0, 0.1) is 0 Å². The minimum Gasteiger partial charge on any atom is -0.376 e. The summed E-state index contributed by atoms with van der Waals surface area (Å²) in [5.74, 6) is -0.260. The van der Waals surface area contributed by atoms with Crippen LogP contribution in [0.25, 0.3) is 0 Å². The number of amides is 1.